The molecule has 0 aromatic heterocycles. The highest BCUT2D eigenvalue weighted by Crippen LogP contribution is 2.24. The predicted molar refractivity (Wildman–Crippen MR) is 73.3 cm³/mol. The maximum absolute atomic E-state index is 5.96. The van der Waals surface area contributed by atoms with Crippen LogP contribution in [0.2, 0.25) is 0 Å². The molecule has 1 rings (SSSR count). The predicted octanol–water partition coefficient (Wildman–Crippen LogP) is 4.30. The first-order chi connectivity index (χ1) is 7.56. The zero-order valence-electron chi connectivity index (χ0n) is 10.7. The Hall–Kier alpha value is -0.690. The van der Waals surface area contributed by atoms with E-state index in [9.17, 15) is 0 Å². The van der Waals surface area contributed by atoms with Crippen LogP contribution in [0.15, 0.2) is 24.3 Å². The van der Waals surface area contributed by atoms with Crippen molar-refractivity contribution in [2.45, 2.75) is 39.1 Å². The topological polar surface area (TPSA) is 3.24 Å². The summed E-state index contributed by atoms with van der Waals surface area (Å²) in [6, 6.07) is 8.91. The Balaban J connectivity index is 2.82. The minimum absolute atomic E-state index is 0.546. The van der Waals surface area contributed by atoms with Gasteiger partial charge in [0.2, 0.25) is 0 Å². The number of alkyl halides is 1. The summed E-state index contributed by atoms with van der Waals surface area (Å²) < 4.78 is 0. The summed E-state index contributed by atoms with van der Waals surface area (Å²) >= 11 is 5.96. The van der Waals surface area contributed by atoms with Crippen molar-refractivity contribution in [3.05, 3.63) is 29.8 Å². The standard InChI is InChI=1S/C14H22ClN/c1-11(2)9-12(3)16(4)14-8-6-5-7-13(14)10-15/h5-8,11-12H,9-10H2,1-4H3. The van der Waals surface area contributed by atoms with Crippen molar-refractivity contribution in [1.29, 1.82) is 0 Å². The van der Waals surface area contributed by atoms with Gasteiger partial charge in [0.25, 0.3) is 0 Å². The number of halogens is 1. The third-order valence-electron chi connectivity index (χ3n) is 2.99. The van der Waals surface area contributed by atoms with Crippen LogP contribution >= 0.6 is 11.6 Å². The van der Waals surface area contributed by atoms with Gasteiger partial charge in [-0.3, -0.25) is 0 Å². The van der Waals surface area contributed by atoms with Crippen LogP contribution in [0.25, 0.3) is 0 Å². The van der Waals surface area contributed by atoms with Crippen molar-refractivity contribution in [3.8, 4) is 0 Å². The van der Waals surface area contributed by atoms with Gasteiger partial charge in [-0.25, -0.2) is 0 Å². The van der Waals surface area contributed by atoms with E-state index in [1.54, 1.807) is 0 Å². The molecule has 2 heteroatoms. The average molecular weight is 240 g/mol. The fraction of sp³-hybridized carbons (Fsp3) is 0.571. The summed E-state index contributed by atoms with van der Waals surface area (Å²) in [5, 5.41) is 0. The van der Waals surface area contributed by atoms with Gasteiger partial charge in [0.05, 0.1) is 0 Å². The van der Waals surface area contributed by atoms with Crippen molar-refractivity contribution in [2.75, 3.05) is 11.9 Å². The molecule has 0 aliphatic rings. The van der Waals surface area contributed by atoms with E-state index >= 15 is 0 Å². The van der Waals surface area contributed by atoms with Crippen LogP contribution in [0.1, 0.15) is 32.8 Å². The SMILES string of the molecule is CC(C)CC(C)N(C)c1ccccc1CCl. The number of nitrogens with zero attached hydrogens (tertiary/aromatic N) is 1. The number of rotatable bonds is 5. The lowest BCUT2D eigenvalue weighted by atomic mass is 10.0. The van der Waals surface area contributed by atoms with E-state index in [0.29, 0.717) is 11.9 Å². The van der Waals surface area contributed by atoms with Crippen LogP contribution in [0.4, 0.5) is 5.69 Å². The van der Waals surface area contributed by atoms with Gasteiger partial charge in [-0.15, -0.1) is 11.6 Å². The highest BCUT2D eigenvalue weighted by Gasteiger charge is 2.13. The van der Waals surface area contributed by atoms with Crippen molar-refractivity contribution in [2.24, 2.45) is 5.92 Å². The molecule has 1 unspecified atom stereocenters. The molecule has 0 spiro atoms. The molecule has 0 fully saturated rings. The Kier molecular flexibility index (Phi) is 5.14. The molecule has 0 radical (unpaired) electrons. The smallest absolute Gasteiger partial charge is 0.0494 e. The van der Waals surface area contributed by atoms with Gasteiger partial charge in [-0.2, -0.15) is 0 Å². The summed E-state index contributed by atoms with van der Waals surface area (Å²) in [5.41, 5.74) is 2.47. The number of anilines is 1. The zero-order valence-corrected chi connectivity index (χ0v) is 11.5. The number of hydrogen-bond donors (Lipinski definition) is 0. The Morgan fingerprint density at radius 2 is 1.81 bits per heavy atom. The fourth-order valence-electron chi connectivity index (χ4n) is 2.05. The molecule has 1 aromatic rings. The lowest BCUT2D eigenvalue weighted by Gasteiger charge is -2.30. The molecular weight excluding hydrogens is 218 g/mol. The monoisotopic (exact) mass is 239 g/mol. The maximum atomic E-state index is 5.96. The van der Waals surface area contributed by atoms with Crippen LogP contribution < -0.4 is 4.90 Å². The zero-order chi connectivity index (χ0) is 12.1. The number of benzene rings is 1. The molecular formula is C14H22ClN. The second kappa shape index (κ2) is 6.15. The van der Waals surface area contributed by atoms with Crippen LogP contribution in [0.3, 0.4) is 0 Å². The molecule has 0 amide bonds. The highest BCUT2D eigenvalue weighted by molar-refractivity contribution is 6.17. The first-order valence-electron chi connectivity index (χ1n) is 5.93. The third kappa shape index (κ3) is 3.41. The number of hydrogen-bond acceptors (Lipinski definition) is 1. The molecule has 1 nitrogen and oxygen atoms in total. The normalized spacial score (nSPS) is 12.9. The maximum Gasteiger partial charge on any atom is 0.0494 e. The van der Waals surface area contributed by atoms with Crippen molar-refractivity contribution < 1.29 is 0 Å². The van der Waals surface area contributed by atoms with Gasteiger partial charge < -0.3 is 4.90 Å². The summed E-state index contributed by atoms with van der Waals surface area (Å²) in [5.74, 6) is 1.30. The first kappa shape index (κ1) is 13.4. The Morgan fingerprint density at radius 1 is 1.19 bits per heavy atom. The molecule has 90 valence electrons. The van der Waals surface area contributed by atoms with Crippen molar-refractivity contribution in [3.63, 3.8) is 0 Å². The molecule has 0 aliphatic heterocycles. The minimum Gasteiger partial charge on any atom is -0.372 e. The summed E-state index contributed by atoms with van der Waals surface area (Å²) in [7, 11) is 2.15. The fourth-order valence-corrected chi connectivity index (χ4v) is 2.27. The van der Waals surface area contributed by atoms with E-state index in [-0.39, 0.29) is 0 Å². The minimum atomic E-state index is 0.546. The van der Waals surface area contributed by atoms with Crippen LogP contribution in [0, 0.1) is 5.92 Å². The van der Waals surface area contributed by atoms with E-state index in [2.05, 4.69) is 50.9 Å². The molecule has 1 aromatic carbocycles. The largest absolute Gasteiger partial charge is 0.372 e. The molecule has 16 heavy (non-hydrogen) atoms. The Morgan fingerprint density at radius 3 is 2.38 bits per heavy atom. The first-order valence-corrected chi connectivity index (χ1v) is 6.46. The highest BCUT2D eigenvalue weighted by atomic mass is 35.5. The molecule has 0 heterocycles. The van der Waals surface area contributed by atoms with E-state index in [1.807, 2.05) is 6.07 Å². The summed E-state index contributed by atoms with van der Waals surface area (Å²) in [6.07, 6.45) is 1.20. The van der Waals surface area contributed by atoms with Crippen LogP contribution in [-0.4, -0.2) is 13.1 Å². The molecule has 0 saturated heterocycles. The van der Waals surface area contributed by atoms with E-state index < -0.39 is 0 Å². The second-order valence-electron chi connectivity index (χ2n) is 4.85. The van der Waals surface area contributed by atoms with Crippen molar-refractivity contribution in [1.82, 2.24) is 0 Å². The second-order valence-corrected chi connectivity index (χ2v) is 5.12. The van der Waals surface area contributed by atoms with Gasteiger partial charge in [0.15, 0.2) is 0 Å². The molecule has 0 aliphatic carbocycles. The van der Waals surface area contributed by atoms with Gasteiger partial charge in [0.1, 0.15) is 0 Å². The lowest BCUT2D eigenvalue weighted by Crippen LogP contribution is -2.30. The Labute approximate surface area is 104 Å². The van der Waals surface area contributed by atoms with Crippen LogP contribution in [-0.2, 0) is 5.88 Å². The Bertz CT molecular complexity index is 322. The van der Waals surface area contributed by atoms with Gasteiger partial charge >= 0.3 is 0 Å². The summed E-state index contributed by atoms with van der Waals surface area (Å²) in [4.78, 5) is 2.33. The lowest BCUT2D eigenvalue weighted by molar-refractivity contribution is 0.503. The summed E-state index contributed by atoms with van der Waals surface area (Å²) in [6.45, 7) is 6.79. The average Bonchev–Trinajstić information content (AvgIpc) is 2.27. The number of para-hydroxylation sites is 1. The van der Waals surface area contributed by atoms with Gasteiger partial charge in [0, 0.05) is 24.7 Å². The van der Waals surface area contributed by atoms with Gasteiger partial charge in [-0.05, 0) is 30.9 Å². The van der Waals surface area contributed by atoms with E-state index in [1.165, 1.54) is 17.7 Å². The molecule has 0 saturated carbocycles. The molecule has 0 bridgehead atoms. The quantitative estimate of drug-likeness (QED) is 0.693. The molecule has 0 N–H and O–H groups in total. The van der Waals surface area contributed by atoms with Crippen molar-refractivity contribution >= 4 is 17.3 Å². The third-order valence-corrected chi connectivity index (χ3v) is 3.28. The van der Waals surface area contributed by atoms with E-state index in [0.717, 1.165) is 5.92 Å². The van der Waals surface area contributed by atoms with Crippen LogP contribution in [0.5, 0.6) is 0 Å². The van der Waals surface area contributed by atoms with Gasteiger partial charge in [-0.1, -0.05) is 32.0 Å². The molecule has 1 atom stereocenters. The van der Waals surface area contributed by atoms with E-state index in [4.69, 9.17) is 11.6 Å².